The van der Waals surface area contributed by atoms with Gasteiger partial charge in [0.05, 0.1) is 28.2 Å². The summed E-state index contributed by atoms with van der Waals surface area (Å²) in [6, 6.07) is 13.9. The molecule has 9 heteroatoms. The number of pyridine rings is 2. The molecule has 0 amide bonds. The number of carboxylic acids is 1. The van der Waals surface area contributed by atoms with Crippen LogP contribution < -0.4 is 15.6 Å². The summed E-state index contributed by atoms with van der Waals surface area (Å²) in [5, 5.41) is 22.3. The van der Waals surface area contributed by atoms with E-state index in [2.05, 4.69) is 16.4 Å². The zero-order valence-corrected chi connectivity index (χ0v) is 18.2. The number of carboxylic acid groups (broad SMARTS) is 1. The predicted octanol–water partition coefficient (Wildman–Crippen LogP) is 2.95. The van der Waals surface area contributed by atoms with Crippen LogP contribution in [0.3, 0.4) is 0 Å². The normalized spacial score (nSPS) is 16.0. The lowest BCUT2D eigenvalue weighted by molar-refractivity contribution is 0.0695. The molecule has 34 heavy (non-hydrogen) atoms. The fraction of sp³-hybridized carbons (Fsp3) is 0.200. The molecule has 8 nitrogen and oxygen atoms in total. The number of aryl methyl sites for hydroxylation is 1. The molecule has 0 spiro atoms. The highest BCUT2D eigenvalue weighted by Crippen LogP contribution is 2.29. The molecule has 170 valence electrons. The molecule has 0 saturated carbocycles. The summed E-state index contributed by atoms with van der Waals surface area (Å²) in [6.45, 7) is 1.78. The number of nitrogens with zero attached hydrogens (tertiary/aromatic N) is 4. The number of rotatable bonds is 3. The van der Waals surface area contributed by atoms with Crippen LogP contribution in [0.15, 0.2) is 53.5 Å². The topological polar surface area (TPSA) is 111 Å². The third-order valence-electron chi connectivity index (χ3n) is 6.20. The van der Waals surface area contributed by atoms with Gasteiger partial charge in [0, 0.05) is 44.3 Å². The van der Waals surface area contributed by atoms with Crippen molar-refractivity contribution in [2.24, 2.45) is 7.05 Å². The van der Waals surface area contributed by atoms with Gasteiger partial charge in [-0.1, -0.05) is 12.1 Å². The van der Waals surface area contributed by atoms with Gasteiger partial charge in [-0.15, -0.1) is 0 Å². The molecular formula is C25H20FN5O3. The monoisotopic (exact) mass is 457 g/mol. The van der Waals surface area contributed by atoms with E-state index in [0.29, 0.717) is 47.4 Å². The Bertz CT molecular complexity index is 1560. The van der Waals surface area contributed by atoms with Crippen molar-refractivity contribution in [3.63, 3.8) is 0 Å². The van der Waals surface area contributed by atoms with Gasteiger partial charge in [-0.2, -0.15) is 5.26 Å². The second-order valence-electron chi connectivity index (χ2n) is 8.33. The van der Waals surface area contributed by atoms with E-state index in [9.17, 15) is 14.7 Å². The SMILES string of the molecule is Cn1cc(C(=O)O)c(=O)c2cc3cc(F)c(N4CCNC(c5ccc(C#N)cc5)C4)cc3nc21. The van der Waals surface area contributed by atoms with Gasteiger partial charge in [0.2, 0.25) is 5.43 Å². The number of aromatic carboxylic acids is 1. The quantitative estimate of drug-likeness (QED) is 0.455. The molecule has 2 aromatic carbocycles. The van der Waals surface area contributed by atoms with Crippen LogP contribution in [-0.2, 0) is 7.05 Å². The molecule has 0 aliphatic carbocycles. The first-order chi connectivity index (χ1) is 16.4. The molecule has 2 N–H and O–H groups in total. The molecule has 0 bridgehead atoms. The van der Waals surface area contributed by atoms with Crippen molar-refractivity contribution in [2.45, 2.75) is 6.04 Å². The number of fused-ring (bicyclic) bond motifs is 2. The molecule has 1 atom stereocenters. The van der Waals surface area contributed by atoms with Gasteiger partial charge < -0.3 is 19.9 Å². The lowest BCUT2D eigenvalue weighted by Crippen LogP contribution is -2.46. The molecule has 4 aromatic rings. The maximum atomic E-state index is 15.2. The second-order valence-corrected chi connectivity index (χ2v) is 8.33. The van der Waals surface area contributed by atoms with Crippen molar-refractivity contribution in [1.82, 2.24) is 14.9 Å². The molecule has 3 heterocycles. The van der Waals surface area contributed by atoms with Crippen LogP contribution in [0.25, 0.3) is 21.9 Å². The van der Waals surface area contributed by atoms with Crippen molar-refractivity contribution < 1.29 is 14.3 Å². The van der Waals surface area contributed by atoms with Crippen molar-refractivity contribution >= 4 is 33.6 Å². The Labute approximate surface area is 193 Å². The van der Waals surface area contributed by atoms with Gasteiger partial charge in [0.15, 0.2) is 0 Å². The number of hydrogen-bond donors (Lipinski definition) is 2. The first kappa shape index (κ1) is 21.6. The Morgan fingerprint density at radius 3 is 2.74 bits per heavy atom. The molecule has 1 aliphatic rings. The number of anilines is 1. The Morgan fingerprint density at radius 2 is 2.03 bits per heavy atom. The smallest absolute Gasteiger partial charge is 0.341 e. The molecule has 1 aliphatic heterocycles. The van der Waals surface area contributed by atoms with Gasteiger partial charge in [-0.3, -0.25) is 4.79 Å². The predicted molar refractivity (Wildman–Crippen MR) is 126 cm³/mol. The highest BCUT2D eigenvalue weighted by Gasteiger charge is 2.24. The lowest BCUT2D eigenvalue weighted by atomic mass is 10.0. The minimum atomic E-state index is -1.32. The third-order valence-corrected chi connectivity index (χ3v) is 6.20. The van der Waals surface area contributed by atoms with Crippen molar-refractivity contribution in [3.8, 4) is 6.07 Å². The fourth-order valence-electron chi connectivity index (χ4n) is 4.44. The molecule has 0 radical (unpaired) electrons. The first-order valence-corrected chi connectivity index (χ1v) is 10.7. The van der Waals surface area contributed by atoms with Crippen LogP contribution in [-0.4, -0.2) is 40.3 Å². The zero-order valence-electron chi connectivity index (χ0n) is 18.2. The second kappa shape index (κ2) is 8.24. The lowest BCUT2D eigenvalue weighted by Gasteiger charge is -2.35. The van der Waals surface area contributed by atoms with Crippen LogP contribution in [0.4, 0.5) is 10.1 Å². The molecule has 1 unspecified atom stereocenters. The van der Waals surface area contributed by atoms with Gasteiger partial charge in [0.1, 0.15) is 17.0 Å². The van der Waals surface area contributed by atoms with Crippen LogP contribution >= 0.6 is 0 Å². The zero-order chi connectivity index (χ0) is 24.0. The summed E-state index contributed by atoms with van der Waals surface area (Å²) in [5.41, 5.74) is 1.84. The summed E-state index contributed by atoms with van der Waals surface area (Å²) >= 11 is 0. The number of nitrogens with one attached hydrogen (secondary N) is 1. The van der Waals surface area contributed by atoms with Gasteiger partial charge in [-0.25, -0.2) is 14.2 Å². The van der Waals surface area contributed by atoms with Gasteiger partial charge in [-0.05, 0) is 35.9 Å². The van der Waals surface area contributed by atoms with E-state index in [1.807, 2.05) is 17.0 Å². The summed E-state index contributed by atoms with van der Waals surface area (Å²) < 4.78 is 16.7. The Balaban J connectivity index is 1.55. The number of benzene rings is 2. The van der Waals surface area contributed by atoms with E-state index in [4.69, 9.17) is 5.26 Å². The fourth-order valence-corrected chi connectivity index (χ4v) is 4.44. The van der Waals surface area contributed by atoms with Crippen LogP contribution in [0.5, 0.6) is 0 Å². The molecule has 5 rings (SSSR count). The van der Waals surface area contributed by atoms with Crippen molar-refractivity contribution in [3.05, 3.63) is 81.4 Å². The molecule has 1 fully saturated rings. The highest BCUT2D eigenvalue weighted by molar-refractivity contribution is 5.96. The molecule has 2 aromatic heterocycles. The number of aromatic nitrogens is 2. The summed E-state index contributed by atoms with van der Waals surface area (Å²) in [7, 11) is 1.62. The van der Waals surface area contributed by atoms with Crippen molar-refractivity contribution in [1.29, 1.82) is 5.26 Å². The Hall–Kier alpha value is -4.29. The number of piperazine rings is 1. The average Bonchev–Trinajstić information content (AvgIpc) is 2.85. The number of nitriles is 1. The first-order valence-electron chi connectivity index (χ1n) is 10.7. The van der Waals surface area contributed by atoms with E-state index in [-0.39, 0.29) is 17.0 Å². The largest absolute Gasteiger partial charge is 0.477 e. The van der Waals surface area contributed by atoms with E-state index < -0.39 is 17.2 Å². The number of halogens is 1. The minimum absolute atomic E-state index is 0.0311. The highest BCUT2D eigenvalue weighted by atomic mass is 19.1. The van der Waals surface area contributed by atoms with E-state index in [1.165, 1.54) is 22.9 Å². The maximum Gasteiger partial charge on any atom is 0.341 e. The number of hydrogen-bond acceptors (Lipinski definition) is 6. The Morgan fingerprint density at radius 1 is 1.26 bits per heavy atom. The van der Waals surface area contributed by atoms with Crippen LogP contribution in [0.1, 0.15) is 27.5 Å². The Kier molecular flexibility index (Phi) is 5.23. The van der Waals surface area contributed by atoms with Gasteiger partial charge in [0.25, 0.3) is 0 Å². The summed E-state index contributed by atoms with van der Waals surface area (Å²) in [4.78, 5) is 30.5. The summed E-state index contributed by atoms with van der Waals surface area (Å²) in [5.74, 6) is -1.76. The maximum absolute atomic E-state index is 15.2. The number of carbonyl (C=O) groups is 1. The van der Waals surface area contributed by atoms with Crippen LogP contribution in [0.2, 0.25) is 0 Å². The summed E-state index contributed by atoms with van der Waals surface area (Å²) in [6.07, 6.45) is 1.24. The molecule has 1 saturated heterocycles. The minimum Gasteiger partial charge on any atom is -0.477 e. The van der Waals surface area contributed by atoms with E-state index in [0.717, 1.165) is 5.56 Å². The molecular weight excluding hydrogens is 437 g/mol. The third kappa shape index (κ3) is 3.64. The van der Waals surface area contributed by atoms with Gasteiger partial charge >= 0.3 is 5.97 Å². The van der Waals surface area contributed by atoms with Crippen LogP contribution in [0, 0.1) is 17.1 Å². The standard InChI is InChI=1S/C25H20FN5O3/c1-30-12-18(25(33)34)23(32)17-8-16-9-19(26)22(10-20(16)29-24(17)30)31-7-6-28-21(13-31)15-4-2-14(11-27)3-5-15/h2-5,8-10,12,21,28H,6-7,13H2,1H3,(H,33,34). The van der Waals surface area contributed by atoms with Crippen molar-refractivity contribution in [2.75, 3.05) is 24.5 Å². The average molecular weight is 457 g/mol. The van der Waals surface area contributed by atoms with E-state index in [1.54, 1.807) is 25.2 Å². The van der Waals surface area contributed by atoms with E-state index >= 15 is 4.39 Å².